The van der Waals surface area contributed by atoms with Gasteiger partial charge in [0, 0.05) is 29.6 Å². The predicted molar refractivity (Wildman–Crippen MR) is 104 cm³/mol. The summed E-state index contributed by atoms with van der Waals surface area (Å²) in [6.45, 7) is 1.56. The minimum Gasteiger partial charge on any atom is -0.345 e. The van der Waals surface area contributed by atoms with Crippen molar-refractivity contribution in [3.05, 3.63) is 71.8 Å². The molecule has 3 heterocycles. The zero-order valence-corrected chi connectivity index (χ0v) is 16.4. The van der Waals surface area contributed by atoms with Crippen LogP contribution in [0.2, 0.25) is 0 Å². The van der Waals surface area contributed by atoms with Gasteiger partial charge in [-0.15, -0.1) is 0 Å². The number of fused-ring (bicyclic) bond motifs is 1. The van der Waals surface area contributed by atoms with Gasteiger partial charge in [0.2, 0.25) is 5.91 Å². The van der Waals surface area contributed by atoms with Crippen molar-refractivity contribution in [1.82, 2.24) is 19.7 Å². The average Bonchev–Trinajstić information content (AvgIpc) is 3.41. The topological polar surface area (TPSA) is 66.8 Å². The van der Waals surface area contributed by atoms with Crippen LogP contribution in [-0.4, -0.2) is 25.7 Å². The number of benzene rings is 2. The van der Waals surface area contributed by atoms with Crippen LogP contribution in [0.3, 0.4) is 0 Å². The summed E-state index contributed by atoms with van der Waals surface area (Å²) >= 11 is 0. The molecule has 11 heteroatoms. The Morgan fingerprint density at radius 2 is 1.78 bits per heavy atom. The Hall–Kier alpha value is -3.76. The molecule has 2 aromatic carbocycles. The lowest BCUT2D eigenvalue weighted by molar-refractivity contribution is -0.137. The van der Waals surface area contributed by atoms with Gasteiger partial charge in [-0.1, -0.05) is 6.92 Å². The molecular formula is C21H14F5N5O. The van der Waals surface area contributed by atoms with E-state index in [1.54, 1.807) is 25.1 Å². The van der Waals surface area contributed by atoms with Gasteiger partial charge in [0.25, 0.3) is 0 Å². The van der Waals surface area contributed by atoms with Gasteiger partial charge in [-0.05, 0) is 18.2 Å². The molecular weight excluding hydrogens is 433 g/mol. The maximum absolute atomic E-state index is 15.0. The molecule has 1 aliphatic heterocycles. The standard InChI is InChI=1S/C21H14F5N5O/c1-10-19(31(20(10)32)12-2-3-16-17(6-12)28-9-27-16)18-14(22)4-13(5-15(18)23)30-8-11(7-29-30)21(24,25)26/h2-10,19H,1H3,(H,27,28)/t10-,19+/m0/s1. The summed E-state index contributed by atoms with van der Waals surface area (Å²) in [4.78, 5) is 20.9. The number of rotatable bonds is 3. The van der Waals surface area contributed by atoms with E-state index < -0.39 is 35.3 Å². The summed E-state index contributed by atoms with van der Waals surface area (Å²) in [6.07, 6.45) is -1.92. The normalized spacial score (nSPS) is 18.9. The van der Waals surface area contributed by atoms with E-state index >= 15 is 8.78 Å². The number of imidazole rings is 1. The van der Waals surface area contributed by atoms with Crippen LogP contribution in [0.25, 0.3) is 16.7 Å². The summed E-state index contributed by atoms with van der Waals surface area (Å²) in [5.74, 6) is -2.97. The van der Waals surface area contributed by atoms with E-state index in [0.29, 0.717) is 29.1 Å². The largest absolute Gasteiger partial charge is 0.419 e. The van der Waals surface area contributed by atoms with E-state index in [-0.39, 0.29) is 17.2 Å². The van der Waals surface area contributed by atoms with Gasteiger partial charge in [0.1, 0.15) is 11.6 Å². The molecule has 1 fully saturated rings. The third-order valence-electron chi connectivity index (χ3n) is 5.59. The first-order chi connectivity index (χ1) is 15.1. The van der Waals surface area contributed by atoms with Crippen molar-refractivity contribution in [2.24, 2.45) is 5.92 Å². The molecule has 2 aromatic heterocycles. The SMILES string of the molecule is C[C@@H]1C(=O)N(c2ccc3nc[nH]c3c2)[C@H]1c1c(F)cc(-n2cc(C(F)(F)F)cn2)cc1F. The Morgan fingerprint density at radius 3 is 2.44 bits per heavy atom. The highest BCUT2D eigenvalue weighted by Crippen LogP contribution is 2.45. The zero-order chi connectivity index (χ0) is 22.8. The number of nitrogens with one attached hydrogen (secondary N) is 1. The van der Waals surface area contributed by atoms with Crippen molar-refractivity contribution in [2.45, 2.75) is 19.1 Å². The van der Waals surface area contributed by atoms with E-state index in [2.05, 4.69) is 15.1 Å². The highest BCUT2D eigenvalue weighted by Gasteiger charge is 2.48. The fourth-order valence-corrected chi connectivity index (χ4v) is 3.97. The highest BCUT2D eigenvalue weighted by molar-refractivity contribution is 6.04. The minimum absolute atomic E-state index is 0.206. The van der Waals surface area contributed by atoms with E-state index in [9.17, 15) is 18.0 Å². The Kier molecular flexibility index (Phi) is 4.33. The van der Waals surface area contributed by atoms with E-state index in [0.717, 1.165) is 16.8 Å². The molecule has 0 spiro atoms. The molecule has 1 aliphatic rings. The number of aromatic nitrogens is 4. The van der Waals surface area contributed by atoms with Crippen LogP contribution in [-0.2, 0) is 11.0 Å². The average molecular weight is 447 g/mol. The number of nitrogens with zero attached hydrogens (tertiary/aromatic N) is 4. The number of amides is 1. The molecule has 4 aromatic rings. The fourth-order valence-electron chi connectivity index (χ4n) is 3.97. The number of carbonyl (C=O) groups excluding carboxylic acids is 1. The van der Waals surface area contributed by atoms with Crippen LogP contribution in [0.1, 0.15) is 24.1 Å². The van der Waals surface area contributed by atoms with Crippen molar-refractivity contribution in [2.75, 3.05) is 4.90 Å². The molecule has 6 nitrogen and oxygen atoms in total. The molecule has 0 unspecified atom stereocenters. The van der Waals surface area contributed by atoms with Crippen molar-refractivity contribution in [3.63, 3.8) is 0 Å². The fraction of sp³-hybridized carbons (Fsp3) is 0.190. The first-order valence-electron chi connectivity index (χ1n) is 9.52. The van der Waals surface area contributed by atoms with Crippen LogP contribution in [0.5, 0.6) is 0 Å². The van der Waals surface area contributed by atoms with E-state index in [4.69, 9.17) is 0 Å². The second-order valence-corrected chi connectivity index (χ2v) is 7.54. The lowest BCUT2D eigenvalue weighted by Gasteiger charge is -2.46. The molecule has 1 saturated heterocycles. The summed E-state index contributed by atoms with van der Waals surface area (Å²) in [5, 5.41) is 3.55. The van der Waals surface area contributed by atoms with Crippen LogP contribution < -0.4 is 4.90 Å². The Balaban J connectivity index is 1.53. The van der Waals surface area contributed by atoms with Crippen molar-refractivity contribution in [1.29, 1.82) is 0 Å². The number of carbonyl (C=O) groups is 1. The van der Waals surface area contributed by atoms with Crippen LogP contribution in [0.4, 0.5) is 27.6 Å². The van der Waals surface area contributed by atoms with Gasteiger partial charge in [0.05, 0.1) is 46.8 Å². The Bertz CT molecular complexity index is 1340. The molecule has 0 bridgehead atoms. The number of hydrogen-bond acceptors (Lipinski definition) is 3. The minimum atomic E-state index is -4.63. The number of alkyl halides is 3. The zero-order valence-electron chi connectivity index (χ0n) is 16.4. The number of β-lactam (4-membered cyclic amide) rings is 1. The van der Waals surface area contributed by atoms with Gasteiger partial charge in [-0.25, -0.2) is 18.4 Å². The molecule has 1 N–H and O–H groups in total. The Morgan fingerprint density at radius 1 is 1.06 bits per heavy atom. The van der Waals surface area contributed by atoms with Gasteiger partial charge in [0.15, 0.2) is 0 Å². The number of hydrogen-bond donors (Lipinski definition) is 1. The lowest BCUT2D eigenvalue weighted by atomic mass is 9.82. The number of halogens is 5. The first-order valence-corrected chi connectivity index (χ1v) is 9.52. The van der Waals surface area contributed by atoms with Gasteiger partial charge < -0.3 is 9.88 Å². The van der Waals surface area contributed by atoms with E-state index in [1.165, 1.54) is 11.2 Å². The maximum atomic E-state index is 15.0. The smallest absolute Gasteiger partial charge is 0.345 e. The third-order valence-corrected chi connectivity index (χ3v) is 5.59. The molecule has 0 aliphatic carbocycles. The molecule has 0 radical (unpaired) electrons. The number of H-pyrrole nitrogens is 1. The second-order valence-electron chi connectivity index (χ2n) is 7.54. The molecule has 0 saturated carbocycles. The van der Waals surface area contributed by atoms with Crippen LogP contribution in [0.15, 0.2) is 49.1 Å². The lowest BCUT2D eigenvalue weighted by Crippen LogP contribution is -2.54. The summed E-state index contributed by atoms with van der Waals surface area (Å²) in [5.41, 5.74) is 0.187. The number of anilines is 1. The van der Waals surface area contributed by atoms with Crippen molar-refractivity contribution in [3.8, 4) is 5.69 Å². The maximum Gasteiger partial charge on any atom is 0.419 e. The van der Waals surface area contributed by atoms with Gasteiger partial charge in [-0.2, -0.15) is 18.3 Å². The third kappa shape index (κ3) is 3.03. The highest BCUT2D eigenvalue weighted by atomic mass is 19.4. The van der Waals surface area contributed by atoms with Crippen LogP contribution in [0, 0.1) is 17.6 Å². The second kappa shape index (κ2) is 6.87. The van der Waals surface area contributed by atoms with Gasteiger partial charge in [-0.3, -0.25) is 4.79 Å². The van der Waals surface area contributed by atoms with Gasteiger partial charge >= 0.3 is 6.18 Å². The molecule has 164 valence electrons. The number of aromatic amines is 1. The van der Waals surface area contributed by atoms with Crippen molar-refractivity contribution < 1.29 is 26.7 Å². The molecule has 1 amide bonds. The molecule has 5 rings (SSSR count). The molecule has 2 atom stereocenters. The monoisotopic (exact) mass is 447 g/mol. The first kappa shape index (κ1) is 20.2. The predicted octanol–water partition coefficient (Wildman–Crippen LogP) is 4.77. The summed E-state index contributed by atoms with van der Waals surface area (Å²) in [6, 6.07) is 5.85. The Labute approximate surface area is 177 Å². The molecule has 32 heavy (non-hydrogen) atoms. The quantitative estimate of drug-likeness (QED) is 0.364. The summed E-state index contributed by atoms with van der Waals surface area (Å²) < 4.78 is 69.3. The van der Waals surface area contributed by atoms with Crippen LogP contribution >= 0.6 is 0 Å². The van der Waals surface area contributed by atoms with Crippen molar-refractivity contribution >= 4 is 22.6 Å². The van der Waals surface area contributed by atoms with E-state index in [1.807, 2.05) is 0 Å². The summed E-state index contributed by atoms with van der Waals surface area (Å²) in [7, 11) is 0.